The van der Waals surface area contributed by atoms with E-state index in [2.05, 4.69) is 4.72 Å². The van der Waals surface area contributed by atoms with E-state index >= 15 is 0 Å². The molecule has 0 radical (unpaired) electrons. The fraction of sp³-hybridized carbons (Fsp3) is 0.267. The number of thiocarbonyl (C=S) groups is 1. The van der Waals surface area contributed by atoms with Crippen LogP contribution in [0.5, 0.6) is 0 Å². The number of nitrogens with two attached hydrogens (primary N) is 1. The lowest BCUT2D eigenvalue weighted by atomic mass is 10.1. The van der Waals surface area contributed by atoms with Crippen LogP contribution in [-0.2, 0) is 10.0 Å². The zero-order chi connectivity index (χ0) is 15.6. The number of rotatable bonds is 5. The van der Waals surface area contributed by atoms with Crippen molar-refractivity contribution >= 4 is 38.0 Å². The number of hydrogen-bond acceptors (Lipinski definition) is 3. The summed E-state index contributed by atoms with van der Waals surface area (Å²) in [4.78, 5) is 0.385. The van der Waals surface area contributed by atoms with Crippen LogP contribution in [-0.4, -0.2) is 19.4 Å². The summed E-state index contributed by atoms with van der Waals surface area (Å²) in [5.41, 5.74) is 5.64. The average Bonchev–Trinajstić information content (AvgIpc) is 2.43. The predicted molar refractivity (Wildman–Crippen MR) is 89.7 cm³/mol. The normalized spacial score (nSPS) is 13.5. The topological polar surface area (TPSA) is 72.2 Å². The summed E-state index contributed by atoms with van der Waals surface area (Å²) in [6, 6.07) is 12.0. The highest BCUT2D eigenvalue weighted by Gasteiger charge is 2.25. The Morgan fingerprint density at radius 1 is 1.14 bits per heavy atom. The Kier molecular flexibility index (Phi) is 4.61. The second-order valence-electron chi connectivity index (χ2n) is 5.22. The molecule has 1 unspecified atom stereocenters. The highest BCUT2D eigenvalue weighted by Crippen LogP contribution is 2.23. The zero-order valence-electron chi connectivity index (χ0n) is 11.9. The molecule has 0 saturated heterocycles. The maximum atomic E-state index is 12.6. The maximum absolute atomic E-state index is 12.6. The molecule has 0 aliphatic rings. The molecule has 1 atom stereocenters. The Morgan fingerprint density at radius 2 is 1.76 bits per heavy atom. The summed E-state index contributed by atoms with van der Waals surface area (Å²) in [5, 5.41) is 1.55. The van der Waals surface area contributed by atoms with Crippen LogP contribution in [0, 0.1) is 5.92 Å². The van der Waals surface area contributed by atoms with Gasteiger partial charge in [0, 0.05) is 5.39 Å². The first-order valence-corrected chi connectivity index (χ1v) is 8.51. The lowest BCUT2D eigenvalue weighted by Gasteiger charge is -2.21. The van der Waals surface area contributed by atoms with Gasteiger partial charge in [0.25, 0.3) is 0 Å². The number of nitrogens with one attached hydrogen (secondary N) is 1. The molecule has 0 aliphatic heterocycles. The van der Waals surface area contributed by atoms with Crippen molar-refractivity contribution in [1.82, 2.24) is 4.72 Å². The first-order chi connectivity index (χ1) is 9.83. The van der Waals surface area contributed by atoms with E-state index in [9.17, 15) is 8.42 Å². The molecule has 0 aromatic heterocycles. The van der Waals surface area contributed by atoms with E-state index in [4.69, 9.17) is 18.0 Å². The van der Waals surface area contributed by atoms with Gasteiger partial charge in [0.2, 0.25) is 10.0 Å². The smallest absolute Gasteiger partial charge is 0.241 e. The van der Waals surface area contributed by atoms with Gasteiger partial charge >= 0.3 is 0 Å². The number of hydrogen-bond donors (Lipinski definition) is 2. The SMILES string of the molecule is CC(C)C(NS(=O)(=O)c1cccc2ccccc12)C(N)=S. The summed E-state index contributed by atoms with van der Waals surface area (Å²) in [5.74, 6) is -0.0211. The highest BCUT2D eigenvalue weighted by molar-refractivity contribution is 7.90. The molecule has 0 heterocycles. The van der Waals surface area contributed by atoms with Crippen molar-refractivity contribution in [3.63, 3.8) is 0 Å². The average molecular weight is 322 g/mol. The van der Waals surface area contributed by atoms with Crippen LogP contribution in [0.3, 0.4) is 0 Å². The lowest BCUT2D eigenvalue weighted by Crippen LogP contribution is -2.46. The Balaban J connectivity index is 2.50. The molecular weight excluding hydrogens is 304 g/mol. The summed E-state index contributed by atoms with van der Waals surface area (Å²) in [7, 11) is -3.69. The second kappa shape index (κ2) is 6.09. The largest absolute Gasteiger partial charge is 0.392 e. The number of benzene rings is 2. The van der Waals surface area contributed by atoms with Crippen molar-refractivity contribution in [2.75, 3.05) is 0 Å². The Hall–Kier alpha value is -1.50. The van der Waals surface area contributed by atoms with Crippen LogP contribution in [0.15, 0.2) is 47.4 Å². The predicted octanol–water partition coefficient (Wildman–Crippen LogP) is 2.43. The molecule has 2 rings (SSSR count). The molecule has 0 bridgehead atoms. The van der Waals surface area contributed by atoms with Crippen molar-refractivity contribution in [3.8, 4) is 0 Å². The van der Waals surface area contributed by atoms with Crippen molar-refractivity contribution in [1.29, 1.82) is 0 Å². The van der Waals surface area contributed by atoms with E-state index in [-0.39, 0.29) is 15.8 Å². The van der Waals surface area contributed by atoms with Crippen molar-refractivity contribution in [2.24, 2.45) is 11.7 Å². The molecule has 3 N–H and O–H groups in total. The van der Waals surface area contributed by atoms with Gasteiger partial charge in [0.1, 0.15) is 0 Å². The highest BCUT2D eigenvalue weighted by atomic mass is 32.2. The molecule has 2 aromatic rings. The third kappa shape index (κ3) is 3.40. The molecule has 2 aromatic carbocycles. The number of fused-ring (bicyclic) bond motifs is 1. The molecule has 0 spiro atoms. The molecule has 112 valence electrons. The summed E-state index contributed by atoms with van der Waals surface area (Å²) in [6.07, 6.45) is 0. The van der Waals surface area contributed by atoms with Gasteiger partial charge in [-0.1, -0.05) is 62.5 Å². The van der Waals surface area contributed by atoms with E-state index in [1.165, 1.54) is 0 Å². The molecular formula is C15H18N2O2S2. The quantitative estimate of drug-likeness (QED) is 0.829. The van der Waals surface area contributed by atoms with Crippen LogP contribution in [0.4, 0.5) is 0 Å². The second-order valence-corrected chi connectivity index (χ2v) is 7.38. The summed E-state index contributed by atoms with van der Waals surface area (Å²) < 4.78 is 27.9. The third-order valence-electron chi connectivity index (χ3n) is 3.29. The molecule has 6 heteroatoms. The molecule has 0 saturated carbocycles. The van der Waals surface area contributed by atoms with E-state index < -0.39 is 16.1 Å². The third-order valence-corrected chi connectivity index (χ3v) is 5.05. The molecule has 0 aliphatic carbocycles. The van der Waals surface area contributed by atoms with Gasteiger partial charge in [-0.25, -0.2) is 13.1 Å². The maximum Gasteiger partial charge on any atom is 0.241 e. The van der Waals surface area contributed by atoms with E-state index in [0.717, 1.165) is 5.39 Å². The fourth-order valence-electron chi connectivity index (χ4n) is 2.18. The van der Waals surface area contributed by atoms with Crippen molar-refractivity contribution < 1.29 is 8.42 Å². The summed E-state index contributed by atoms with van der Waals surface area (Å²) in [6.45, 7) is 3.74. The molecule has 0 fully saturated rings. The van der Waals surface area contributed by atoms with Crippen LogP contribution < -0.4 is 10.5 Å². The van der Waals surface area contributed by atoms with Gasteiger partial charge in [-0.3, -0.25) is 0 Å². The van der Waals surface area contributed by atoms with Gasteiger partial charge in [0.15, 0.2) is 0 Å². The van der Waals surface area contributed by atoms with Gasteiger partial charge in [-0.15, -0.1) is 0 Å². The van der Waals surface area contributed by atoms with Gasteiger partial charge in [-0.2, -0.15) is 0 Å². The van der Waals surface area contributed by atoms with E-state index in [1.54, 1.807) is 18.2 Å². The minimum atomic E-state index is -3.69. The lowest BCUT2D eigenvalue weighted by molar-refractivity contribution is 0.527. The van der Waals surface area contributed by atoms with E-state index in [0.29, 0.717) is 5.39 Å². The number of sulfonamides is 1. The minimum absolute atomic E-state index is 0.0211. The molecule has 0 amide bonds. The first kappa shape index (κ1) is 15.9. The molecule has 21 heavy (non-hydrogen) atoms. The molecule has 4 nitrogen and oxygen atoms in total. The minimum Gasteiger partial charge on any atom is -0.392 e. The fourth-order valence-corrected chi connectivity index (χ4v) is 4.18. The monoisotopic (exact) mass is 322 g/mol. The van der Waals surface area contributed by atoms with Crippen LogP contribution in [0.25, 0.3) is 10.8 Å². The zero-order valence-corrected chi connectivity index (χ0v) is 13.5. The van der Waals surface area contributed by atoms with Crippen LogP contribution >= 0.6 is 12.2 Å². The van der Waals surface area contributed by atoms with Crippen molar-refractivity contribution in [2.45, 2.75) is 24.8 Å². The standard InChI is InChI=1S/C15H18N2O2S2/c1-10(2)14(15(16)20)17-21(18,19)13-9-5-7-11-6-3-4-8-12(11)13/h3-10,14,17H,1-2H3,(H2,16,20). The Bertz CT molecular complexity index is 765. The first-order valence-electron chi connectivity index (χ1n) is 6.62. The van der Waals surface area contributed by atoms with Gasteiger partial charge < -0.3 is 5.73 Å². The van der Waals surface area contributed by atoms with Crippen LogP contribution in [0.2, 0.25) is 0 Å². The Labute approximate surface area is 130 Å². The van der Waals surface area contributed by atoms with Crippen LogP contribution in [0.1, 0.15) is 13.8 Å². The van der Waals surface area contributed by atoms with Crippen molar-refractivity contribution in [3.05, 3.63) is 42.5 Å². The van der Waals surface area contributed by atoms with Gasteiger partial charge in [0.05, 0.1) is 15.9 Å². The van der Waals surface area contributed by atoms with Gasteiger partial charge in [-0.05, 0) is 17.4 Å². The summed E-state index contributed by atoms with van der Waals surface area (Å²) >= 11 is 4.96. The Morgan fingerprint density at radius 3 is 2.38 bits per heavy atom. The van der Waals surface area contributed by atoms with E-state index in [1.807, 2.05) is 38.1 Å².